The summed E-state index contributed by atoms with van der Waals surface area (Å²) in [5.41, 5.74) is 1.93. The number of ether oxygens (including phenoxy) is 2. The van der Waals surface area contributed by atoms with Crippen molar-refractivity contribution in [3.05, 3.63) is 63.4 Å². The summed E-state index contributed by atoms with van der Waals surface area (Å²) in [6.45, 7) is 4.78. The molecule has 0 amide bonds. The van der Waals surface area contributed by atoms with Crippen molar-refractivity contribution < 1.29 is 19.1 Å². The summed E-state index contributed by atoms with van der Waals surface area (Å²) in [6.07, 6.45) is 0.162. The van der Waals surface area contributed by atoms with Crippen LogP contribution in [0.3, 0.4) is 0 Å². The molecule has 0 aliphatic carbocycles. The summed E-state index contributed by atoms with van der Waals surface area (Å²) in [5, 5.41) is 0.995. The highest BCUT2D eigenvalue weighted by Crippen LogP contribution is 2.43. The van der Waals surface area contributed by atoms with Crippen LogP contribution in [0.4, 0.5) is 0 Å². The number of carbonyl (C=O) groups excluding carboxylic acids is 2. The molecule has 0 saturated carbocycles. The first kappa shape index (κ1) is 18.5. The number of rotatable bonds is 2. The largest absolute Gasteiger partial charge is 0.457 e. The van der Waals surface area contributed by atoms with E-state index >= 15 is 0 Å². The Kier molecular flexibility index (Phi) is 3.87. The maximum absolute atomic E-state index is 13.5. The molecule has 0 bridgehead atoms. The van der Waals surface area contributed by atoms with Crippen LogP contribution in [0.15, 0.2) is 41.2 Å². The highest BCUT2D eigenvalue weighted by atomic mass is 16.6. The molecule has 4 heterocycles. The number of pyridine rings is 2. The Balaban J connectivity index is 1.83. The summed E-state index contributed by atoms with van der Waals surface area (Å²) >= 11 is 0. The number of aromatic nitrogens is 2. The second-order valence-corrected chi connectivity index (χ2v) is 7.74. The zero-order valence-corrected chi connectivity index (χ0v) is 16.9. The molecule has 0 fully saturated rings. The molecule has 7 nitrogen and oxygen atoms in total. The lowest BCUT2D eigenvalue weighted by molar-refractivity contribution is -0.188. The van der Waals surface area contributed by atoms with Gasteiger partial charge in [0.25, 0.3) is 5.56 Å². The zero-order chi connectivity index (χ0) is 21.2. The van der Waals surface area contributed by atoms with Crippen molar-refractivity contribution in [1.82, 2.24) is 9.55 Å². The number of nitrogens with zero attached hydrogens (tertiary/aromatic N) is 2. The third-order valence-corrected chi connectivity index (χ3v) is 6.10. The number of hydrogen-bond donors (Lipinski definition) is 0. The third kappa shape index (κ3) is 2.32. The van der Waals surface area contributed by atoms with Gasteiger partial charge in [-0.05, 0) is 31.5 Å². The Morgan fingerprint density at radius 3 is 2.80 bits per heavy atom. The molecule has 2 aliphatic heterocycles. The van der Waals surface area contributed by atoms with Crippen molar-refractivity contribution in [3.8, 4) is 11.4 Å². The smallest absolute Gasteiger partial charge is 0.355 e. The molecule has 3 aromatic rings. The number of hydrogen-bond acceptors (Lipinski definition) is 6. The van der Waals surface area contributed by atoms with E-state index in [-0.39, 0.29) is 24.6 Å². The molecule has 0 saturated heterocycles. The average Bonchev–Trinajstić information content (AvgIpc) is 3.00. The number of carbonyl (C=O) groups is 2. The van der Waals surface area contributed by atoms with Gasteiger partial charge in [0.1, 0.15) is 6.61 Å². The van der Waals surface area contributed by atoms with Crippen LogP contribution in [0.25, 0.3) is 22.3 Å². The van der Waals surface area contributed by atoms with Crippen molar-refractivity contribution in [1.29, 1.82) is 0 Å². The van der Waals surface area contributed by atoms with Gasteiger partial charge in [-0.1, -0.05) is 25.1 Å². The first-order chi connectivity index (χ1) is 14.4. The van der Waals surface area contributed by atoms with Crippen molar-refractivity contribution in [3.63, 3.8) is 0 Å². The van der Waals surface area contributed by atoms with E-state index in [2.05, 4.69) is 6.07 Å². The lowest BCUT2D eigenvalue weighted by Crippen LogP contribution is -2.47. The topological polar surface area (TPSA) is 87.5 Å². The van der Waals surface area contributed by atoms with E-state index in [9.17, 15) is 14.4 Å². The molecule has 0 spiro atoms. The molecule has 2 aliphatic rings. The minimum absolute atomic E-state index is 0.144. The lowest BCUT2D eigenvalue weighted by Gasteiger charge is -2.35. The number of benzene rings is 1. The third-order valence-electron chi connectivity index (χ3n) is 6.10. The number of esters is 2. The fraction of sp³-hybridized carbons (Fsp3) is 0.304. The molecule has 7 heteroatoms. The van der Waals surface area contributed by atoms with Crippen LogP contribution >= 0.6 is 0 Å². The quantitative estimate of drug-likeness (QED) is 0.610. The standard InChI is InChI=1S/C23H20N2O5/c1-4-23(30-13(3)26)17-10-19-20-15(9-14-7-5-6-8-18(14)24-20)12(2)25(19)21(27)16(17)11-29-22(23)28/h5-10,12H,4,11H2,1-3H3/t12?,23-/m0/s1. The predicted molar refractivity (Wildman–Crippen MR) is 109 cm³/mol. The van der Waals surface area contributed by atoms with E-state index in [1.54, 1.807) is 17.6 Å². The summed E-state index contributed by atoms with van der Waals surface area (Å²) in [7, 11) is 0. The van der Waals surface area contributed by atoms with Crippen molar-refractivity contribution in [2.75, 3.05) is 0 Å². The van der Waals surface area contributed by atoms with Gasteiger partial charge in [0.05, 0.1) is 28.5 Å². The minimum atomic E-state index is -1.63. The number of fused-ring (bicyclic) bond motifs is 5. The highest BCUT2D eigenvalue weighted by molar-refractivity contribution is 5.88. The highest BCUT2D eigenvalue weighted by Gasteiger charge is 2.50. The molecule has 0 radical (unpaired) electrons. The van der Waals surface area contributed by atoms with Gasteiger partial charge in [-0.25, -0.2) is 9.78 Å². The molecule has 1 unspecified atom stereocenters. The molecular formula is C23H20N2O5. The average molecular weight is 404 g/mol. The molecule has 2 aromatic heterocycles. The second-order valence-electron chi connectivity index (χ2n) is 7.74. The molecule has 2 atom stereocenters. The van der Waals surface area contributed by atoms with Crippen molar-refractivity contribution in [2.45, 2.75) is 45.4 Å². The number of para-hydroxylation sites is 1. The van der Waals surface area contributed by atoms with Crippen molar-refractivity contribution in [2.24, 2.45) is 0 Å². The SMILES string of the molecule is CC[C@@]1(OC(C)=O)C(=O)OCc2c1cc1n(c2=O)C(C)c2cc3ccccc3nc2-1. The van der Waals surface area contributed by atoms with E-state index in [4.69, 9.17) is 14.5 Å². The first-order valence-electron chi connectivity index (χ1n) is 9.93. The molecule has 5 rings (SSSR count). The molecule has 30 heavy (non-hydrogen) atoms. The van der Waals surface area contributed by atoms with E-state index in [1.807, 2.05) is 31.2 Å². The fourth-order valence-electron chi connectivity index (χ4n) is 4.64. The lowest BCUT2D eigenvalue weighted by atomic mass is 9.85. The van der Waals surface area contributed by atoms with Gasteiger partial charge in [0, 0.05) is 23.4 Å². The van der Waals surface area contributed by atoms with Crippen LogP contribution in [0.1, 0.15) is 49.9 Å². The van der Waals surface area contributed by atoms with Crippen LogP contribution in [-0.2, 0) is 31.3 Å². The maximum atomic E-state index is 13.5. The Bertz CT molecular complexity index is 1310. The van der Waals surface area contributed by atoms with Crippen LogP contribution in [0.2, 0.25) is 0 Å². The summed E-state index contributed by atoms with van der Waals surface area (Å²) < 4.78 is 12.5. The van der Waals surface area contributed by atoms with Crippen molar-refractivity contribution >= 4 is 22.8 Å². The van der Waals surface area contributed by atoms with Crippen LogP contribution in [0.5, 0.6) is 0 Å². The Morgan fingerprint density at radius 1 is 1.30 bits per heavy atom. The van der Waals surface area contributed by atoms with E-state index in [1.165, 1.54) is 6.92 Å². The van der Waals surface area contributed by atoms with Crippen LogP contribution in [0, 0.1) is 0 Å². The second kappa shape index (κ2) is 6.26. The summed E-state index contributed by atoms with van der Waals surface area (Å²) in [5.74, 6) is -1.27. The fourth-order valence-corrected chi connectivity index (χ4v) is 4.64. The van der Waals surface area contributed by atoms with Gasteiger partial charge in [-0.2, -0.15) is 0 Å². The monoisotopic (exact) mass is 404 g/mol. The van der Waals surface area contributed by atoms with Crippen LogP contribution in [-0.4, -0.2) is 21.5 Å². The molecule has 0 N–H and O–H groups in total. The molecule has 152 valence electrons. The Labute approximate surface area is 172 Å². The van der Waals surface area contributed by atoms with Gasteiger partial charge in [0.2, 0.25) is 5.60 Å². The Hall–Kier alpha value is -3.48. The van der Waals surface area contributed by atoms with Gasteiger partial charge in [-0.15, -0.1) is 0 Å². The Morgan fingerprint density at radius 2 is 2.07 bits per heavy atom. The minimum Gasteiger partial charge on any atom is -0.457 e. The van der Waals surface area contributed by atoms with Gasteiger partial charge < -0.3 is 9.47 Å². The first-order valence-corrected chi connectivity index (χ1v) is 9.93. The summed E-state index contributed by atoms with van der Waals surface area (Å²) in [4.78, 5) is 42.8. The van der Waals surface area contributed by atoms with Gasteiger partial charge in [0.15, 0.2) is 0 Å². The van der Waals surface area contributed by atoms with Gasteiger partial charge >= 0.3 is 11.9 Å². The molecular weight excluding hydrogens is 384 g/mol. The number of cyclic esters (lactones) is 1. The normalized spacial score (nSPS) is 21.6. The zero-order valence-electron chi connectivity index (χ0n) is 16.9. The summed E-state index contributed by atoms with van der Waals surface area (Å²) in [6, 6.07) is 11.4. The van der Waals surface area contributed by atoms with E-state index in [0.29, 0.717) is 22.5 Å². The maximum Gasteiger partial charge on any atom is 0.355 e. The van der Waals surface area contributed by atoms with Gasteiger partial charge in [-0.3, -0.25) is 14.2 Å². The predicted octanol–water partition coefficient (Wildman–Crippen LogP) is 3.21. The molecule has 1 aromatic carbocycles. The van der Waals surface area contributed by atoms with E-state index < -0.39 is 17.5 Å². The van der Waals surface area contributed by atoms with E-state index in [0.717, 1.165) is 16.5 Å². The van der Waals surface area contributed by atoms with Crippen LogP contribution < -0.4 is 5.56 Å².